The van der Waals surface area contributed by atoms with Crippen molar-refractivity contribution in [2.75, 3.05) is 42.3 Å². The van der Waals surface area contributed by atoms with Gasteiger partial charge in [0.1, 0.15) is 0 Å². The summed E-state index contributed by atoms with van der Waals surface area (Å²) in [5.41, 5.74) is 17.5. The highest BCUT2D eigenvalue weighted by Crippen LogP contribution is 2.26. The standard InChI is InChI=1S/2C21H20N4O3.C14H10IN3O.C7H11NO2/c2*1-21(28,20(27)24(2)3)12-11-14-7-6-8-15(13-14)25-17-10-5-4-9-16(17)18(23-25)19(22)26;15-9-4-3-5-10(8-9)18-12-7-2-1-6-11(12)13(17-18)14(16)19;1-5-7(2,10)6(9)8(3)4/h2*4-10,13,28H,1-3H3,(H2,22,26);1-8H,(H2,16,19);1,10H,2-4H3/t2*21-;;/m10../s1. The van der Waals surface area contributed by atoms with Gasteiger partial charge < -0.3 is 47.2 Å². The topological polar surface area (TPSA) is 304 Å². The molecule has 1 unspecified atom stereocenters. The number of terminal acetylenes is 1. The van der Waals surface area contributed by atoms with Crippen molar-refractivity contribution in [2.24, 2.45) is 17.2 Å². The van der Waals surface area contributed by atoms with Crippen LogP contribution in [0.3, 0.4) is 0 Å². The predicted octanol–water partition coefficient (Wildman–Crippen LogP) is 4.82. The van der Waals surface area contributed by atoms with E-state index in [0.29, 0.717) is 39.0 Å². The largest absolute Gasteiger partial charge is 0.370 e. The summed E-state index contributed by atoms with van der Waals surface area (Å²) in [4.78, 5) is 73.7. The first-order valence-electron chi connectivity index (χ1n) is 25.7. The molecule has 9 N–H and O–H groups in total. The van der Waals surface area contributed by atoms with Crippen molar-refractivity contribution >= 4 is 90.7 Å². The molecular weight excluding hydrogens is 1200 g/mol. The van der Waals surface area contributed by atoms with Crippen LogP contribution in [0.1, 0.15) is 63.4 Å². The lowest BCUT2D eigenvalue weighted by atomic mass is 10.1. The van der Waals surface area contributed by atoms with Gasteiger partial charge >= 0.3 is 0 Å². The Labute approximate surface area is 503 Å². The highest BCUT2D eigenvalue weighted by Gasteiger charge is 2.31. The maximum absolute atomic E-state index is 12.0. The number of carbonyl (C=O) groups is 6. The van der Waals surface area contributed by atoms with Gasteiger partial charge in [0.2, 0.25) is 16.8 Å². The summed E-state index contributed by atoms with van der Waals surface area (Å²) in [6, 6.07) is 44.3. The first-order chi connectivity index (χ1) is 40.0. The Morgan fingerprint density at radius 1 is 0.459 bits per heavy atom. The van der Waals surface area contributed by atoms with Gasteiger partial charge in [0.25, 0.3) is 35.4 Å². The fourth-order valence-electron chi connectivity index (χ4n) is 8.24. The van der Waals surface area contributed by atoms with Crippen molar-refractivity contribution in [3.8, 4) is 53.1 Å². The summed E-state index contributed by atoms with van der Waals surface area (Å²) in [6.07, 6.45) is 4.90. The zero-order chi connectivity index (χ0) is 62.7. The van der Waals surface area contributed by atoms with Crippen LogP contribution < -0.4 is 17.2 Å². The van der Waals surface area contributed by atoms with Gasteiger partial charge in [0, 0.05) is 73.1 Å². The number of likely N-dealkylation sites (N-methyl/N-ethyl adjacent to an activating group) is 3. The molecule has 21 nitrogen and oxygen atoms in total. The SMILES string of the molecule is C#CC(C)(O)C(=O)N(C)C.CN(C)C(=O)[C@@](C)(O)C#Cc1cccc(-n2nc(C(N)=O)c3ccccc32)c1.CN(C)C(=O)[C@](C)(O)C#Cc1cccc(-n2nc(C(N)=O)c3ccccc32)c1.NC(=O)c1nn(-c2cccc(I)c2)c2ccccc12. The van der Waals surface area contributed by atoms with E-state index in [1.54, 1.807) is 90.8 Å². The van der Waals surface area contributed by atoms with Gasteiger partial charge in [0.15, 0.2) is 17.1 Å². The number of aliphatic hydroxyl groups is 3. The van der Waals surface area contributed by atoms with E-state index in [9.17, 15) is 39.0 Å². The molecule has 3 heterocycles. The molecule has 6 aromatic carbocycles. The molecule has 3 atom stereocenters. The number of primary amides is 3. The summed E-state index contributed by atoms with van der Waals surface area (Å²) in [6.45, 7) is 3.99. The van der Waals surface area contributed by atoms with Gasteiger partial charge in [-0.1, -0.05) is 102 Å². The van der Waals surface area contributed by atoms with Crippen LogP contribution in [0, 0.1) is 39.6 Å². The van der Waals surface area contributed by atoms with Gasteiger partial charge in [-0.2, -0.15) is 15.3 Å². The molecule has 0 aliphatic carbocycles. The van der Waals surface area contributed by atoms with E-state index in [1.807, 2.05) is 103 Å². The third-order valence-corrected chi connectivity index (χ3v) is 13.0. The lowest BCUT2D eigenvalue weighted by Gasteiger charge is -2.20. The van der Waals surface area contributed by atoms with Crippen molar-refractivity contribution in [1.82, 2.24) is 44.0 Å². The Morgan fingerprint density at radius 2 is 0.753 bits per heavy atom. The number of rotatable bonds is 9. The highest BCUT2D eigenvalue weighted by molar-refractivity contribution is 14.1. The summed E-state index contributed by atoms with van der Waals surface area (Å²) in [7, 11) is 9.29. The minimum atomic E-state index is -1.79. The maximum Gasteiger partial charge on any atom is 0.269 e. The van der Waals surface area contributed by atoms with Crippen LogP contribution in [-0.2, 0) is 14.4 Å². The Morgan fingerprint density at radius 3 is 1.04 bits per heavy atom. The molecule has 22 heteroatoms. The lowest BCUT2D eigenvalue weighted by Crippen LogP contribution is -2.42. The normalized spacial score (nSPS) is 12.6. The molecule has 6 amide bonds. The number of fused-ring (bicyclic) bond motifs is 3. The van der Waals surface area contributed by atoms with Gasteiger partial charge in [-0.05, 0) is 116 Å². The van der Waals surface area contributed by atoms with Crippen molar-refractivity contribution < 1.29 is 44.1 Å². The molecule has 0 spiro atoms. The van der Waals surface area contributed by atoms with Crippen LogP contribution in [0.15, 0.2) is 146 Å². The van der Waals surface area contributed by atoms with E-state index in [2.05, 4.69) is 61.6 Å². The van der Waals surface area contributed by atoms with Crippen molar-refractivity contribution in [1.29, 1.82) is 0 Å². The second-order valence-corrected chi connectivity index (χ2v) is 21.2. The molecule has 0 bridgehead atoms. The zero-order valence-corrected chi connectivity index (χ0v) is 50.0. The summed E-state index contributed by atoms with van der Waals surface area (Å²) in [5.74, 6) is 9.65. The molecule has 0 aliphatic rings. The Bertz CT molecular complexity index is 4040. The fraction of sp³-hybridized carbons (Fsp3) is 0.190. The number of hydrogen-bond acceptors (Lipinski definition) is 12. The average Bonchev–Trinajstić information content (AvgIpc) is 2.26. The van der Waals surface area contributed by atoms with Crippen molar-refractivity contribution in [3.63, 3.8) is 0 Å². The molecule has 0 aliphatic heterocycles. The summed E-state index contributed by atoms with van der Waals surface area (Å²) < 4.78 is 6.08. The molecule has 3 aromatic heterocycles. The quantitative estimate of drug-likeness (QED) is 0.0838. The van der Waals surface area contributed by atoms with Crippen LogP contribution in [0.2, 0.25) is 0 Å². The molecule has 434 valence electrons. The number of para-hydroxylation sites is 3. The molecule has 9 aromatic rings. The van der Waals surface area contributed by atoms with Crippen LogP contribution in [-0.4, -0.2) is 154 Å². The van der Waals surface area contributed by atoms with E-state index in [4.69, 9.17) is 28.7 Å². The predicted molar refractivity (Wildman–Crippen MR) is 332 cm³/mol. The molecule has 85 heavy (non-hydrogen) atoms. The number of halogens is 1. The molecular formula is C63H61IN12O9. The Balaban J connectivity index is 0.000000192. The van der Waals surface area contributed by atoms with Crippen LogP contribution in [0.5, 0.6) is 0 Å². The van der Waals surface area contributed by atoms with Crippen LogP contribution in [0.4, 0.5) is 0 Å². The van der Waals surface area contributed by atoms with Crippen molar-refractivity contribution in [2.45, 2.75) is 37.6 Å². The number of amides is 6. The van der Waals surface area contributed by atoms with E-state index in [1.165, 1.54) is 49.6 Å². The average molecular weight is 1260 g/mol. The number of aromatic nitrogens is 6. The second kappa shape index (κ2) is 26.8. The van der Waals surface area contributed by atoms with Crippen molar-refractivity contribution in [3.05, 3.63) is 177 Å². The number of nitrogens with zero attached hydrogens (tertiary/aromatic N) is 9. The third kappa shape index (κ3) is 15.3. The lowest BCUT2D eigenvalue weighted by molar-refractivity contribution is -0.142. The minimum absolute atomic E-state index is 0.187. The number of benzene rings is 6. The fourth-order valence-corrected chi connectivity index (χ4v) is 8.76. The van der Waals surface area contributed by atoms with Gasteiger partial charge in [-0.15, -0.1) is 6.42 Å². The number of nitrogens with two attached hydrogens (primary N) is 3. The van der Waals surface area contributed by atoms with Crippen LogP contribution >= 0.6 is 22.6 Å². The third-order valence-electron chi connectivity index (χ3n) is 12.3. The van der Waals surface area contributed by atoms with E-state index in [-0.39, 0.29) is 11.4 Å². The van der Waals surface area contributed by atoms with Gasteiger partial charge in [0.05, 0.1) is 33.6 Å². The molecule has 0 fully saturated rings. The van der Waals surface area contributed by atoms with E-state index < -0.39 is 52.2 Å². The Kier molecular flexibility index (Phi) is 20.2. The highest BCUT2D eigenvalue weighted by atomic mass is 127. The van der Waals surface area contributed by atoms with E-state index >= 15 is 0 Å². The molecule has 9 rings (SSSR count). The first kappa shape index (κ1) is 64.0. The van der Waals surface area contributed by atoms with Crippen LogP contribution in [0.25, 0.3) is 49.8 Å². The maximum atomic E-state index is 12.0. The number of carbonyl (C=O) groups excluding carboxylic acids is 6. The minimum Gasteiger partial charge on any atom is -0.370 e. The molecule has 0 radical (unpaired) electrons. The van der Waals surface area contributed by atoms with Gasteiger partial charge in [-0.25, -0.2) is 14.0 Å². The van der Waals surface area contributed by atoms with E-state index in [0.717, 1.165) is 31.2 Å². The molecule has 0 saturated carbocycles. The number of hydrogen-bond donors (Lipinski definition) is 6. The monoisotopic (exact) mass is 1260 g/mol. The van der Waals surface area contributed by atoms with Gasteiger partial charge in [-0.3, -0.25) is 28.8 Å². The molecule has 0 saturated heterocycles. The smallest absolute Gasteiger partial charge is 0.269 e. The Hall–Kier alpha value is -10.2. The summed E-state index contributed by atoms with van der Waals surface area (Å²) in [5, 5.41) is 44.8. The zero-order valence-electron chi connectivity index (χ0n) is 47.9. The second-order valence-electron chi connectivity index (χ2n) is 20.0. The first-order valence-corrected chi connectivity index (χ1v) is 26.7. The summed E-state index contributed by atoms with van der Waals surface area (Å²) >= 11 is 2.24.